The minimum absolute atomic E-state index is 0.0180. The molecule has 124 valence electrons. The Labute approximate surface area is 145 Å². The van der Waals surface area contributed by atoms with Crippen LogP contribution in [0.3, 0.4) is 0 Å². The van der Waals surface area contributed by atoms with Crippen molar-refractivity contribution in [3.63, 3.8) is 0 Å². The van der Waals surface area contributed by atoms with Gasteiger partial charge in [-0.2, -0.15) is 0 Å². The van der Waals surface area contributed by atoms with Gasteiger partial charge < -0.3 is 15.0 Å². The molecule has 3 rings (SSSR count). The molecule has 1 saturated heterocycles. The molecule has 0 unspecified atom stereocenters. The fourth-order valence-electron chi connectivity index (χ4n) is 2.87. The molecule has 1 aromatic carbocycles. The molecule has 0 spiro atoms. The average Bonchev–Trinajstić information content (AvgIpc) is 3.29. The number of rotatable bonds is 5. The number of likely N-dealkylation sites (tertiary alicyclic amines) is 1. The Morgan fingerprint density at radius 1 is 1.54 bits per heavy atom. The second-order valence-corrected chi connectivity index (χ2v) is 6.53. The van der Waals surface area contributed by atoms with E-state index in [9.17, 15) is 4.79 Å². The third kappa shape index (κ3) is 3.36. The van der Waals surface area contributed by atoms with E-state index < -0.39 is 0 Å². The number of amides is 1. The lowest BCUT2D eigenvalue weighted by atomic mass is 10.1. The lowest BCUT2D eigenvalue weighted by Crippen LogP contribution is -2.30. The van der Waals surface area contributed by atoms with Crippen LogP contribution in [0, 0.1) is 18.4 Å². The number of benzene rings is 1. The number of ether oxygens (including phenoxy) is 1. The van der Waals surface area contributed by atoms with Crippen molar-refractivity contribution in [3.8, 4) is 28.8 Å². The summed E-state index contributed by atoms with van der Waals surface area (Å²) < 4.78 is 5.37. The van der Waals surface area contributed by atoms with Gasteiger partial charge in [0.2, 0.25) is 0 Å². The summed E-state index contributed by atoms with van der Waals surface area (Å²) in [7, 11) is 1.63. The van der Waals surface area contributed by atoms with E-state index in [0.717, 1.165) is 42.4 Å². The van der Waals surface area contributed by atoms with E-state index in [1.54, 1.807) is 7.11 Å². The van der Waals surface area contributed by atoms with Gasteiger partial charge in [-0.1, -0.05) is 18.6 Å². The monoisotopic (exact) mass is 341 g/mol. The number of para-hydroxylation sites is 1. The van der Waals surface area contributed by atoms with Crippen LogP contribution < -0.4 is 10.1 Å². The van der Waals surface area contributed by atoms with Crippen LogP contribution in [-0.2, 0) is 0 Å². The van der Waals surface area contributed by atoms with Crippen LogP contribution in [0.5, 0.6) is 5.75 Å². The smallest absolute Gasteiger partial charge is 0.273 e. The molecule has 1 aromatic heterocycles. The van der Waals surface area contributed by atoms with Crippen molar-refractivity contribution < 1.29 is 9.53 Å². The first kappa shape index (κ1) is 16.3. The van der Waals surface area contributed by atoms with Crippen LogP contribution in [0.4, 0.5) is 0 Å². The third-order valence-electron chi connectivity index (χ3n) is 4.13. The lowest BCUT2D eigenvalue weighted by molar-refractivity contribution is 0.0782. The predicted molar refractivity (Wildman–Crippen MR) is 94.9 cm³/mol. The van der Waals surface area contributed by atoms with E-state index in [-0.39, 0.29) is 5.91 Å². The molecule has 0 aliphatic carbocycles. The van der Waals surface area contributed by atoms with Crippen molar-refractivity contribution in [1.82, 2.24) is 15.2 Å². The highest BCUT2D eigenvalue weighted by atomic mass is 32.1. The maximum Gasteiger partial charge on any atom is 0.273 e. The van der Waals surface area contributed by atoms with Gasteiger partial charge in [-0.15, -0.1) is 11.3 Å². The van der Waals surface area contributed by atoms with E-state index in [2.05, 4.69) is 16.3 Å². The molecule has 1 aliphatic heterocycles. The molecule has 0 saturated carbocycles. The van der Waals surface area contributed by atoms with Crippen LogP contribution in [0.15, 0.2) is 29.6 Å². The van der Waals surface area contributed by atoms with E-state index in [1.165, 1.54) is 11.3 Å². The molecule has 0 bridgehead atoms. The number of thiazole rings is 1. The second kappa shape index (κ2) is 7.37. The fraction of sp³-hybridized carbons (Fsp3) is 0.333. The Morgan fingerprint density at radius 3 is 3.17 bits per heavy atom. The van der Waals surface area contributed by atoms with Crippen molar-refractivity contribution in [2.75, 3.05) is 26.7 Å². The van der Waals surface area contributed by atoms with Gasteiger partial charge in [-0.3, -0.25) is 4.79 Å². The van der Waals surface area contributed by atoms with Crippen molar-refractivity contribution in [3.05, 3.63) is 35.3 Å². The van der Waals surface area contributed by atoms with Crippen molar-refractivity contribution in [2.45, 2.75) is 6.42 Å². The Morgan fingerprint density at radius 2 is 2.38 bits per heavy atom. The van der Waals surface area contributed by atoms with Gasteiger partial charge in [0.15, 0.2) is 0 Å². The third-order valence-corrected chi connectivity index (χ3v) is 5.00. The first-order valence-corrected chi connectivity index (χ1v) is 8.67. The number of hydrogen-bond donors (Lipinski definition) is 1. The number of nitrogens with zero attached hydrogens (tertiary/aromatic N) is 2. The molecule has 5 nitrogen and oxygen atoms in total. The molecule has 6 heteroatoms. The Bertz CT molecular complexity index is 766. The van der Waals surface area contributed by atoms with E-state index >= 15 is 0 Å². The molecule has 2 aromatic rings. The first-order chi connectivity index (χ1) is 11.7. The maximum atomic E-state index is 12.6. The molecule has 24 heavy (non-hydrogen) atoms. The molecular formula is C18H19N3O2S. The van der Waals surface area contributed by atoms with Crippen molar-refractivity contribution >= 4 is 17.2 Å². The summed E-state index contributed by atoms with van der Waals surface area (Å²) >= 11 is 1.46. The SMILES string of the molecule is C#CNC[C@H]1CCN(C(=O)c2csc(-c3ccccc3OC)n2)C1. The van der Waals surface area contributed by atoms with Gasteiger partial charge in [0.25, 0.3) is 5.91 Å². The number of carbonyl (C=O) groups is 1. The van der Waals surface area contributed by atoms with E-state index in [1.807, 2.05) is 34.5 Å². The Balaban J connectivity index is 1.72. The van der Waals surface area contributed by atoms with Gasteiger partial charge in [0.1, 0.15) is 16.5 Å². The number of hydrogen-bond acceptors (Lipinski definition) is 5. The second-order valence-electron chi connectivity index (χ2n) is 5.67. The van der Waals surface area contributed by atoms with E-state index in [4.69, 9.17) is 11.2 Å². The summed E-state index contributed by atoms with van der Waals surface area (Å²) in [6.45, 7) is 2.20. The largest absolute Gasteiger partial charge is 0.496 e. The van der Waals surface area contributed by atoms with Crippen LogP contribution >= 0.6 is 11.3 Å². The summed E-state index contributed by atoms with van der Waals surface area (Å²) in [4.78, 5) is 19.0. The zero-order valence-electron chi connectivity index (χ0n) is 13.5. The fourth-order valence-corrected chi connectivity index (χ4v) is 3.69. The molecule has 1 atom stereocenters. The number of methoxy groups -OCH3 is 1. The van der Waals surface area contributed by atoms with Crippen LogP contribution in [0.1, 0.15) is 16.9 Å². The Kier molecular flexibility index (Phi) is 5.02. The molecule has 1 N–H and O–H groups in total. The van der Waals surface area contributed by atoms with Crippen LogP contribution in [0.25, 0.3) is 10.6 Å². The topological polar surface area (TPSA) is 54.5 Å². The minimum atomic E-state index is -0.0180. The van der Waals surface area contributed by atoms with Gasteiger partial charge >= 0.3 is 0 Å². The quantitative estimate of drug-likeness (QED) is 0.670. The number of aromatic nitrogens is 1. The molecule has 2 heterocycles. The average molecular weight is 341 g/mol. The highest BCUT2D eigenvalue weighted by Gasteiger charge is 2.28. The van der Waals surface area contributed by atoms with Crippen molar-refractivity contribution in [2.24, 2.45) is 5.92 Å². The standard InChI is InChI=1S/C18H19N3O2S/c1-3-19-10-13-8-9-21(11-13)18(22)15-12-24-17(20-15)14-6-4-5-7-16(14)23-2/h1,4-7,12-13,19H,8-11H2,2H3/t13-/m1/s1. The van der Waals surface area contributed by atoms with Gasteiger partial charge in [0, 0.05) is 31.1 Å². The van der Waals surface area contributed by atoms with Crippen molar-refractivity contribution in [1.29, 1.82) is 0 Å². The summed E-state index contributed by atoms with van der Waals surface area (Å²) in [6.07, 6.45) is 6.18. The van der Waals surface area contributed by atoms with Crippen LogP contribution in [0.2, 0.25) is 0 Å². The summed E-state index contributed by atoms with van der Waals surface area (Å²) in [5, 5.41) is 5.50. The highest BCUT2D eigenvalue weighted by molar-refractivity contribution is 7.13. The number of nitrogens with one attached hydrogen (secondary N) is 1. The van der Waals surface area contributed by atoms with Gasteiger partial charge in [0.05, 0.1) is 12.7 Å². The van der Waals surface area contributed by atoms with Gasteiger partial charge in [-0.25, -0.2) is 4.98 Å². The zero-order valence-corrected chi connectivity index (χ0v) is 14.3. The van der Waals surface area contributed by atoms with Gasteiger partial charge in [-0.05, 0) is 24.5 Å². The first-order valence-electron chi connectivity index (χ1n) is 7.79. The summed E-state index contributed by atoms with van der Waals surface area (Å²) in [6, 6.07) is 10.1. The number of terminal acetylenes is 1. The maximum absolute atomic E-state index is 12.6. The molecule has 1 fully saturated rings. The molecular weight excluding hydrogens is 322 g/mol. The lowest BCUT2D eigenvalue weighted by Gasteiger charge is -2.15. The molecule has 1 aliphatic rings. The summed E-state index contributed by atoms with van der Waals surface area (Å²) in [5.41, 5.74) is 1.40. The molecule has 1 amide bonds. The predicted octanol–water partition coefficient (Wildman–Crippen LogP) is 2.46. The normalized spacial score (nSPS) is 16.7. The number of carbonyl (C=O) groups excluding carboxylic acids is 1. The minimum Gasteiger partial charge on any atom is -0.496 e. The Hall–Kier alpha value is -2.52. The highest BCUT2D eigenvalue weighted by Crippen LogP contribution is 2.32. The summed E-state index contributed by atoms with van der Waals surface area (Å²) in [5.74, 6) is 1.14. The molecule has 0 radical (unpaired) electrons. The van der Waals surface area contributed by atoms with E-state index in [0.29, 0.717) is 11.6 Å². The van der Waals surface area contributed by atoms with Crippen LogP contribution in [-0.4, -0.2) is 42.5 Å². The zero-order chi connectivity index (χ0) is 16.9.